The van der Waals surface area contributed by atoms with E-state index < -0.39 is 5.97 Å². The fraction of sp³-hybridized carbons (Fsp3) is 0.0870. The molecule has 0 aliphatic heterocycles. The standard InChI is InChI=1S/C23H19NO2/c1-16-15-24-12-11-20(23(25)26)14-22(24)21(16)13-17-7-9-19(10-8-17)18-5-3-2-4-6-18/h2-12,14-15H,13H2,1H3,(H,25,26). The molecule has 0 bridgehead atoms. The molecule has 0 atom stereocenters. The molecule has 0 saturated heterocycles. The molecule has 0 amide bonds. The van der Waals surface area contributed by atoms with Gasteiger partial charge in [-0.3, -0.25) is 0 Å². The number of aryl methyl sites for hydroxylation is 1. The summed E-state index contributed by atoms with van der Waals surface area (Å²) in [4.78, 5) is 11.3. The second kappa shape index (κ2) is 6.52. The molecule has 26 heavy (non-hydrogen) atoms. The van der Waals surface area contributed by atoms with Gasteiger partial charge < -0.3 is 9.51 Å². The molecule has 2 aromatic carbocycles. The summed E-state index contributed by atoms with van der Waals surface area (Å²) in [6.07, 6.45) is 4.64. The summed E-state index contributed by atoms with van der Waals surface area (Å²) in [5, 5.41) is 9.26. The van der Waals surface area contributed by atoms with Gasteiger partial charge in [-0.15, -0.1) is 0 Å². The number of fused-ring (bicyclic) bond motifs is 1. The molecule has 3 nitrogen and oxygen atoms in total. The zero-order valence-electron chi connectivity index (χ0n) is 14.5. The Kier molecular flexibility index (Phi) is 4.05. The molecule has 1 N–H and O–H groups in total. The Morgan fingerprint density at radius 1 is 0.962 bits per heavy atom. The molecule has 0 saturated carbocycles. The zero-order valence-corrected chi connectivity index (χ0v) is 14.5. The number of rotatable bonds is 4. The Bertz CT molecular complexity index is 1080. The topological polar surface area (TPSA) is 41.7 Å². The monoisotopic (exact) mass is 341 g/mol. The molecule has 2 aromatic heterocycles. The molecule has 0 fully saturated rings. The molecule has 0 aliphatic carbocycles. The van der Waals surface area contributed by atoms with E-state index in [1.807, 2.05) is 28.8 Å². The van der Waals surface area contributed by atoms with E-state index in [1.54, 1.807) is 12.1 Å². The Labute approximate surface area is 152 Å². The number of nitrogens with zero attached hydrogens (tertiary/aromatic N) is 1. The summed E-state index contributed by atoms with van der Waals surface area (Å²) in [6.45, 7) is 2.07. The van der Waals surface area contributed by atoms with Crippen LogP contribution in [0.25, 0.3) is 16.6 Å². The maximum absolute atomic E-state index is 11.3. The largest absolute Gasteiger partial charge is 0.478 e. The van der Waals surface area contributed by atoms with Gasteiger partial charge in [-0.25, -0.2) is 4.79 Å². The predicted octanol–water partition coefficient (Wildman–Crippen LogP) is 5.20. The highest BCUT2D eigenvalue weighted by atomic mass is 16.4. The lowest BCUT2D eigenvalue weighted by Crippen LogP contribution is -1.98. The second-order valence-corrected chi connectivity index (χ2v) is 6.54. The number of aromatic nitrogens is 1. The SMILES string of the molecule is Cc1cn2ccc(C(=O)O)cc2c1Cc1ccc(-c2ccccc2)cc1. The lowest BCUT2D eigenvalue weighted by molar-refractivity contribution is 0.0697. The van der Waals surface area contributed by atoms with Crippen LogP contribution in [0, 0.1) is 6.92 Å². The van der Waals surface area contributed by atoms with Crippen molar-refractivity contribution in [1.82, 2.24) is 4.40 Å². The van der Waals surface area contributed by atoms with Crippen molar-refractivity contribution >= 4 is 11.5 Å². The summed E-state index contributed by atoms with van der Waals surface area (Å²) in [5.41, 5.74) is 7.21. The van der Waals surface area contributed by atoms with Gasteiger partial charge >= 0.3 is 5.97 Å². The van der Waals surface area contributed by atoms with Crippen molar-refractivity contribution in [1.29, 1.82) is 0 Å². The molecular formula is C23H19NO2. The van der Waals surface area contributed by atoms with Gasteiger partial charge in [-0.2, -0.15) is 0 Å². The smallest absolute Gasteiger partial charge is 0.335 e. The summed E-state index contributed by atoms with van der Waals surface area (Å²) in [7, 11) is 0. The van der Waals surface area contributed by atoms with Gasteiger partial charge in [0.15, 0.2) is 0 Å². The normalized spacial score (nSPS) is 11.0. The van der Waals surface area contributed by atoms with Gasteiger partial charge in [-0.1, -0.05) is 54.6 Å². The van der Waals surface area contributed by atoms with Crippen LogP contribution in [-0.4, -0.2) is 15.5 Å². The van der Waals surface area contributed by atoms with Crippen molar-refractivity contribution in [2.45, 2.75) is 13.3 Å². The highest BCUT2D eigenvalue weighted by molar-refractivity contribution is 5.89. The molecular weight excluding hydrogens is 322 g/mol. The number of carboxylic acids is 1. The first-order valence-electron chi connectivity index (χ1n) is 8.59. The second-order valence-electron chi connectivity index (χ2n) is 6.54. The summed E-state index contributed by atoms with van der Waals surface area (Å²) < 4.78 is 2.00. The fourth-order valence-electron chi connectivity index (χ4n) is 3.37. The van der Waals surface area contributed by atoms with Gasteiger partial charge in [-0.05, 0) is 53.3 Å². The zero-order chi connectivity index (χ0) is 18.1. The number of hydrogen-bond donors (Lipinski definition) is 1. The van der Waals surface area contributed by atoms with Crippen LogP contribution in [0.1, 0.15) is 27.0 Å². The van der Waals surface area contributed by atoms with Crippen molar-refractivity contribution in [3.05, 3.63) is 101 Å². The van der Waals surface area contributed by atoms with E-state index in [4.69, 9.17) is 0 Å². The van der Waals surface area contributed by atoms with Crippen LogP contribution in [0.4, 0.5) is 0 Å². The lowest BCUT2D eigenvalue weighted by Gasteiger charge is -2.06. The molecule has 4 aromatic rings. The van der Waals surface area contributed by atoms with Crippen LogP contribution in [0.2, 0.25) is 0 Å². The molecule has 4 rings (SSSR count). The number of benzene rings is 2. The average Bonchev–Trinajstić information content (AvgIpc) is 2.98. The van der Waals surface area contributed by atoms with Gasteiger partial charge in [0.05, 0.1) is 5.56 Å². The minimum Gasteiger partial charge on any atom is -0.478 e. The van der Waals surface area contributed by atoms with Crippen LogP contribution in [0.15, 0.2) is 79.1 Å². The third kappa shape index (κ3) is 3.00. The van der Waals surface area contributed by atoms with Crippen molar-refractivity contribution in [2.24, 2.45) is 0 Å². The molecule has 0 unspecified atom stereocenters. The van der Waals surface area contributed by atoms with E-state index >= 15 is 0 Å². The number of pyridine rings is 1. The summed E-state index contributed by atoms with van der Waals surface area (Å²) in [6, 6.07) is 22.3. The fourth-order valence-corrected chi connectivity index (χ4v) is 3.37. The summed E-state index contributed by atoms with van der Waals surface area (Å²) >= 11 is 0. The van der Waals surface area contributed by atoms with Crippen LogP contribution in [0.3, 0.4) is 0 Å². The molecule has 0 aliphatic rings. The first kappa shape index (κ1) is 16.2. The first-order chi connectivity index (χ1) is 12.6. The van der Waals surface area contributed by atoms with Crippen molar-refractivity contribution in [3.8, 4) is 11.1 Å². The Morgan fingerprint density at radius 2 is 1.65 bits per heavy atom. The minimum absolute atomic E-state index is 0.316. The molecule has 2 heterocycles. The summed E-state index contributed by atoms with van der Waals surface area (Å²) in [5.74, 6) is -0.899. The van der Waals surface area contributed by atoms with E-state index in [1.165, 1.54) is 27.8 Å². The Hall–Kier alpha value is -3.33. The van der Waals surface area contributed by atoms with Crippen LogP contribution >= 0.6 is 0 Å². The highest BCUT2D eigenvalue weighted by Crippen LogP contribution is 2.25. The Morgan fingerprint density at radius 3 is 2.35 bits per heavy atom. The van der Waals surface area contributed by atoms with Gasteiger partial charge in [0, 0.05) is 17.9 Å². The number of aromatic carboxylic acids is 1. The third-order valence-electron chi connectivity index (χ3n) is 4.79. The highest BCUT2D eigenvalue weighted by Gasteiger charge is 2.11. The quantitative estimate of drug-likeness (QED) is 0.554. The van der Waals surface area contributed by atoms with E-state index in [2.05, 4.69) is 49.5 Å². The lowest BCUT2D eigenvalue weighted by atomic mass is 9.99. The van der Waals surface area contributed by atoms with E-state index in [0.717, 1.165) is 11.9 Å². The van der Waals surface area contributed by atoms with Crippen molar-refractivity contribution < 1.29 is 9.90 Å². The maximum atomic E-state index is 11.3. The van der Waals surface area contributed by atoms with Gasteiger partial charge in [0.2, 0.25) is 0 Å². The van der Waals surface area contributed by atoms with E-state index in [9.17, 15) is 9.90 Å². The van der Waals surface area contributed by atoms with Crippen LogP contribution in [-0.2, 0) is 6.42 Å². The van der Waals surface area contributed by atoms with E-state index in [0.29, 0.717) is 5.56 Å². The predicted molar refractivity (Wildman–Crippen MR) is 104 cm³/mol. The molecule has 3 heteroatoms. The molecule has 128 valence electrons. The van der Waals surface area contributed by atoms with E-state index in [-0.39, 0.29) is 0 Å². The van der Waals surface area contributed by atoms with Gasteiger partial charge in [0.1, 0.15) is 0 Å². The van der Waals surface area contributed by atoms with Crippen LogP contribution < -0.4 is 0 Å². The first-order valence-corrected chi connectivity index (χ1v) is 8.59. The van der Waals surface area contributed by atoms with Crippen molar-refractivity contribution in [2.75, 3.05) is 0 Å². The number of hydrogen-bond acceptors (Lipinski definition) is 1. The van der Waals surface area contributed by atoms with Crippen LogP contribution in [0.5, 0.6) is 0 Å². The number of carboxylic acid groups (broad SMARTS) is 1. The number of carbonyl (C=O) groups is 1. The van der Waals surface area contributed by atoms with Gasteiger partial charge in [0.25, 0.3) is 0 Å². The van der Waals surface area contributed by atoms with Crippen molar-refractivity contribution in [3.63, 3.8) is 0 Å². The maximum Gasteiger partial charge on any atom is 0.335 e. The third-order valence-corrected chi connectivity index (χ3v) is 4.79. The minimum atomic E-state index is -0.899. The average molecular weight is 341 g/mol. The molecule has 0 spiro atoms. The molecule has 0 radical (unpaired) electrons. The Balaban J connectivity index is 1.67.